The van der Waals surface area contributed by atoms with Crippen molar-refractivity contribution in [1.29, 1.82) is 0 Å². The fourth-order valence-corrected chi connectivity index (χ4v) is 2.79. The van der Waals surface area contributed by atoms with E-state index in [1.54, 1.807) is 7.11 Å². The summed E-state index contributed by atoms with van der Waals surface area (Å²) in [5.74, 6) is 0.829. The van der Waals surface area contributed by atoms with Gasteiger partial charge in [-0.15, -0.1) is 0 Å². The van der Waals surface area contributed by atoms with Gasteiger partial charge in [0, 0.05) is 10.1 Å². The monoisotopic (exact) mass is 395 g/mol. The van der Waals surface area contributed by atoms with Gasteiger partial charge >= 0.3 is 0 Å². The Morgan fingerprint density at radius 1 is 1.24 bits per heavy atom. The first-order valence-corrected chi connectivity index (χ1v) is 7.86. The molecule has 0 heterocycles. The molecule has 1 N–H and O–H groups in total. The number of halogens is 1. The maximum Gasteiger partial charge on any atom is 0.252 e. The van der Waals surface area contributed by atoms with Crippen molar-refractivity contribution < 1.29 is 9.53 Å². The van der Waals surface area contributed by atoms with E-state index in [0.717, 1.165) is 21.3 Å². The summed E-state index contributed by atoms with van der Waals surface area (Å²) in [5.41, 5.74) is 3.02. The van der Waals surface area contributed by atoms with Gasteiger partial charge in [-0.3, -0.25) is 4.79 Å². The quantitative estimate of drug-likeness (QED) is 0.787. The predicted molar refractivity (Wildman–Crippen MR) is 92.9 cm³/mol. The van der Waals surface area contributed by atoms with E-state index in [9.17, 15) is 4.79 Å². The molecular weight excluding hydrogens is 377 g/mol. The predicted octanol–water partition coefficient (Wildman–Crippen LogP) is 3.58. The van der Waals surface area contributed by atoms with Gasteiger partial charge in [0.1, 0.15) is 5.75 Å². The number of ether oxygens (including phenoxy) is 1. The van der Waals surface area contributed by atoms with Crippen molar-refractivity contribution >= 4 is 28.5 Å². The number of amides is 1. The SMILES string of the molecule is COc1ccc(C)cc1CCNC(=O)c1ccccc1I. The number of rotatable bonds is 5. The molecule has 0 aliphatic rings. The summed E-state index contributed by atoms with van der Waals surface area (Å²) in [5, 5.41) is 2.96. The summed E-state index contributed by atoms with van der Waals surface area (Å²) in [7, 11) is 1.67. The summed E-state index contributed by atoms with van der Waals surface area (Å²) in [6.45, 7) is 2.64. The highest BCUT2D eigenvalue weighted by atomic mass is 127. The molecule has 0 unspecified atom stereocenters. The molecule has 0 saturated carbocycles. The van der Waals surface area contributed by atoms with Gasteiger partial charge in [-0.05, 0) is 59.7 Å². The van der Waals surface area contributed by atoms with Gasteiger partial charge in [0.05, 0.1) is 12.7 Å². The van der Waals surface area contributed by atoms with Crippen LogP contribution in [-0.4, -0.2) is 19.6 Å². The number of carbonyl (C=O) groups excluding carboxylic acids is 1. The summed E-state index contributed by atoms with van der Waals surface area (Å²) >= 11 is 2.17. The van der Waals surface area contributed by atoms with E-state index in [0.29, 0.717) is 12.1 Å². The molecule has 0 aliphatic heterocycles. The average Bonchev–Trinajstić information content (AvgIpc) is 2.48. The van der Waals surface area contributed by atoms with Crippen LogP contribution in [0.25, 0.3) is 0 Å². The van der Waals surface area contributed by atoms with Crippen LogP contribution in [0.3, 0.4) is 0 Å². The van der Waals surface area contributed by atoms with E-state index < -0.39 is 0 Å². The topological polar surface area (TPSA) is 38.3 Å². The zero-order chi connectivity index (χ0) is 15.2. The van der Waals surface area contributed by atoms with Crippen molar-refractivity contribution in [2.75, 3.05) is 13.7 Å². The standard InChI is InChI=1S/C17H18INO2/c1-12-7-8-16(21-2)13(11-12)9-10-19-17(20)14-5-3-4-6-15(14)18/h3-8,11H,9-10H2,1-2H3,(H,19,20). The molecule has 1 amide bonds. The molecule has 0 aliphatic carbocycles. The first kappa shape index (κ1) is 15.8. The minimum absolute atomic E-state index is 0.0355. The summed E-state index contributed by atoms with van der Waals surface area (Å²) in [4.78, 5) is 12.1. The van der Waals surface area contributed by atoms with Crippen LogP contribution in [0.2, 0.25) is 0 Å². The van der Waals surface area contributed by atoms with Crippen molar-refractivity contribution in [2.24, 2.45) is 0 Å². The molecule has 2 aromatic rings. The summed E-state index contributed by atoms with van der Waals surface area (Å²) in [6.07, 6.45) is 0.750. The third kappa shape index (κ3) is 4.20. The molecule has 0 spiro atoms. The average molecular weight is 395 g/mol. The molecule has 0 fully saturated rings. The van der Waals surface area contributed by atoms with Gasteiger partial charge in [-0.2, -0.15) is 0 Å². The molecule has 0 atom stereocenters. The molecule has 21 heavy (non-hydrogen) atoms. The van der Waals surface area contributed by atoms with Gasteiger partial charge in [0.25, 0.3) is 5.91 Å². The smallest absolute Gasteiger partial charge is 0.252 e. The molecule has 4 heteroatoms. The molecule has 0 saturated heterocycles. The highest BCUT2D eigenvalue weighted by Crippen LogP contribution is 2.19. The minimum Gasteiger partial charge on any atom is -0.496 e. The van der Waals surface area contributed by atoms with E-state index >= 15 is 0 Å². The summed E-state index contributed by atoms with van der Waals surface area (Å²) < 4.78 is 6.31. The number of hydrogen-bond donors (Lipinski definition) is 1. The Morgan fingerprint density at radius 3 is 2.71 bits per heavy atom. The van der Waals surface area contributed by atoms with Crippen molar-refractivity contribution in [3.05, 3.63) is 62.7 Å². The highest BCUT2D eigenvalue weighted by Gasteiger charge is 2.09. The van der Waals surface area contributed by atoms with Crippen molar-refractivity contribution in [3.63, 3.8) is 0 Å². The molecule has 0 aromatic heterocycles. The van der Waals surface area contributed by atoms with E-state index in [2.05, 4.69) is 34.0 Å². The van der Waals surface area contributed by atoms with E-state index in [1.807, 2.05) is 43.3 Å². The Kier molecular flexibility index (Phi) is 5.61. The zero-order valence-corrected chi connectivity index (χ0v) is 14.3. The van der Waals surface area contributed by atoms with Crippen molar-refractivity contribution in [2.45, 2.75) is 13.3 Å². The van der Waals surface area contributed by atoms with Gasteiger partial charge in [0.15, 0.2) is 0 Å². The summed E-state index contributed by atoms with van der Waals surface area (Å²) in [6, 6.07) is 13.7. The number of carbonyl (C=O) groups is 1. The maximum atomic E-state index is 12.1. The number of methoxy groups -OCH3 is 1. The Balaban J connectivity index is 1.97. The van der Waals surface area contributed by atoms with Crippen molar-refractivity contribution in [3.8, 4) is 5.75 Å². The van der Waals surface area contributed by atoms with E-state index in [1.165, 1.54) is 5.56 Å². The van der Waals surface area contributed by atoms with Gasteiger partial charge < -0.3 is 10.1 Å². The minimum atomic E-state index is -0.0355. The first-order chi connectivity index (χ1) is 10.1. The zero-order valence-electron chi connectivity index (χ0n) is 12.2. The van der Waals surface area contributed by atoms with Crippen LogP contribution in [0, 0.1) is 10.5 Å². The second-order valence-electron chi connectivity index (χ2n) is 4.80. The lowest BCUT2D eigenvalue weighted by Gasteiger charge is -2.11. The van der Waals surface area contributed by atoms with Crippen LogP contribution in [-0.2, 0) is 6.42 Å². The Bertz CT molecular complexity index is 640. The fraction of sp³-hybridized carbons (Fsp3) is 0.235. The molecule has 110 valence electrons. The third-order valence-electron chi connectivity index (χ3n) is 3.23. The molecule has 0 bridgehead atoms. The first-order valence-electron chi connectivity index (χ1n) is 6.78. The van der Waals surface area contributed by atoms with Crippen LogP contribution in [0.5, 0.6) is 5.75 Å². The second-order valence-corrected chi connectivity index (χ2v) is 5.96. The number of aryl methyl sites for hydroxylation is 1. The van der Waals surface area contributed by atoms with E-state index in [4.69, 9.17) is 4.74 Å². The second kappa shape index (κ2) is 7.45. The van der Waals surface area contributed by atoms with Crippen molar-refractivity contribution in [1.82, 2.24) is 5.32 Å². The Morgan fingerprint density at radius 2 is 2.00 bits per heavy atom. The van der Waals surface area contributed by atoms with Crippen LogP contribution < -0.4 is 10.1 Å². The highest BCUT2D eigenvalue weighted by molar-refractivity contribution is 14.1. The Labute approximate surface area is 138 Å². The fourth-order valence-electron chi connectivity index (χ4n) is 2.15. The number of hydrogen-bond acceptors (Lipinski definition) is 2. The lowest BCUT2D eigenvalue weighted by atomic mass is 10.1. The largest absolute Gasteiger partial charge is 0.496 e. The molecule has 2 rings (SSSR count). The molecule has 3 nitrogen and oxygen atoms in total. The molecular formula is C17H18INO2. The third-order valence-corrected chi connectivity index (χ3v) is 4.17. The maximum absolute atomic E-state index is 12.1. The van der Waals surface area contributed by atoms with Crippen LogP contribution in [0.4, 0.5) is 0 Å². The molecule has 0 radical (unpaired) electrons. The molecule has 2 aromatic carbocycles. The van der Waals surface area contributed by atoms with Crippen LogP contribution in [0.1, 0.15) is 21.5 Å². The number of nitrogens with one attached hydrogen (secondary N) is 1. The number of benzene rings is 2. The Hall–Kier alpha value is -1.56. The van der Waals surface area contributed by atoms with Crippen LogP contribution >= 0.6 is 22.6 Å². The van der Waals surface area contributed by atoms with Crippen LogP contribution in [0.15, 0.2) is 42.5 Å². The van der Waals surface area contributed by atoms with Gasteiger partial charge in [-0.1, -0.05) is 29.8 Å². The normalized spacial score (nSPS) is 10.2. The van der Waals surface area contributed by atoms with Gasteiger partial charge in [-0.25, -0.2) is 0 Å². The van der Waals surface area contributed by atoms with Gasteiger partial charge in [0.2, 0.25) is 0 Å². The lowest BCUT2D eigenvalue weighted by molar-refractivity contribution is 0.0953. The lowest BCUT2D eigenvalue weighted by Crippen LogP contribution is -2.26. The van der Waals surface area contributed by atoms with E-state index in [-0.39, 0.29) is 5.91 Å².